The molecule has 2 fully saturated rings. The summed E-state index contributed by atoms with van der Waals surface area (Å²) in [6.45, 7) is 3.88. The minimum Gasteiger partial charge on any atom is -0.337 e. The number of fused-ring (bicyclic) bond motifs is 2. The van der Waals surface area contributed by atoms with E-state index in [-0.39, 0.29) is 18.3 Å². The molecule has 0 radical (unpaired) electrons. The van der Waals surface area contributed by atoms with E-state index in [1.165, 1.54) is 0 Å². The lowest BCUT2D eigenvalue weighted by Crippen LogP contribution is -2.33. The lowest BCUT2D eigenvalue weighted by atomic mass is 9.92. The van der Waals surface area contributed by atoms with Crippen molar-refractivity contribution in [2.24, 2.45) is 11.8 Å². The zero-order chi connectivity index (χ0) is 15.1. The fraction of sp³-hybridized carbons (Fsp3) is 0.500. The summed E-state index contributed by atoms with van der Waals surface area (Å²) in [5, 5.41) is 11.6. The molecule has 7 heteroatoms. The van der Waals surface area contributed by atoms with Gasteiger partial charge in [-0.2, -0.15) is 5.10 Å². The van der Waals surface area contributed by atoms with Gasteiger partial charge in [0.1, 0.15) is 0 Å². The summed E-state index contributed by atoms with van der Waals surface area (Å²) < 4.78 is 0.965. The number of nitrogens with one attached hydrogen (secondary N) is 2. The van der Waals surface area contributed by atoms with Crippen molar-refractivity contribution < 1.29 is 4.79 Å². The molecule has 0 saturated carbocycles. The number of benzene rings is 1. The zero-order valence-electron chi connectivity index (χ0n) is 12.7. The largest absolute Gasteiger partial charge is 0.337 e. The monoisotopic (exact) mass is 398 g/mol. The fourth-order valence-corrected chi connectivity index (χ4v) is 4.08. The van der Waals surface area contributed by atoms with E-state index in [0.29, 0.717) is 5.69 Å². The first-order valence-corrected chi connectivity index (χ1v) is 8.65. The van der Waals surface area contributed by atoms with Crippen LogP contribution in [0.4, 0.5) is 0 Å². The zero-order valence-corrected chi connectivity index (χ0v) is 15.1. The van der Waals surface area contributed by atoms with Gasteiger partial charge < -0.3 is 10.2 Å². The maximum atomic E-state index is 12.9. The number of aromatic amines is 1. The second kappa shape index (κ2) is 6.79. The normalized spacial score (nSPS) is 24.1. The van der Waals surface area contributed by atoms with Crippen molar-refractivity contribution in [3.8, 4) is 0 Å². The smallest absolute Gasteiger partial charge is 0.274 e. The van der Waals surface area contributed by atoms with Crippen molar-refractivity contribution in [1.82, 2.24) is 20.4 Å². The van der Waals surface area contributed by atoms with Gasteiger partial charge in [-0.15, -0.1) is 12.4 Å². The van der Waals surface area contributed by atoms with Gasteiger partial charge in [0.15, 0.2) is 5.69 Å². The number of carbonyl (C=O) groups is 1. The lowest BCUT2D eigenvalue weighted by molar-refractivity contribution is 0.0754. The minimum absolute atomic E-state index is 0. The molecule has 0 aliphatic carbocycles. The Morgan fingerprint density at radius 1 is 1.22 bits per heavy atom. The van der Waals surface area contributed by atoms with Crippen LogP contribution >= 0.6 is 28.3 Å². The van der Waals surface area contributed by atoms with E-state index in [0.717, 1.165) is 66.2 Å². The molecule has 4 rings (SSSR count). The molecule has 1 aromatic carbocycles. The van der Waals surface area contributed by atoms with Crippen LogP contribution in [-0.2, 0) is 0 Å². The number of carbonyl (C=O) groups excluding carboxylic acids is 1. The number of H-pyrrole nitrogens is 1. The van der Waals surface area contributed by atoms with Gasteiger partial charge in [0, 0.05) is 22.9 Å². The third kappa shape index (κ3) is 3.12. The topological polar surface area (TPSA) is 61.0 Å². The molecule has 2 aliphatic heterocycles. The summed E-state index contributed by atoms with van der Waals surface area (Å²) in [5.41, 5.74) is 1.45. The second-order valence-corrected chi connectivity index (χ2v) is 7.23. The van der Waals surface area contributed by atoms with Gasteiger partial charge in [0.2, 0.25) is 0 Å². The molecule has 2 aromatic rings. The first-order valence-electron chi connectivity index (χ1n) is 7.86. The standard InChI is InChI=1S/C16H19BrN4O.ClH/c17-12-1-2-14-13(7-12)15(20-19-14)16(22)21-5-3-10-8-18-9-11(10)4-6-21;/h1-2,7,10-11,18H,3-6,8-9H2,(H,19,20);1H/t10-,11+;. The lowest BCUT2D eigenvalue weighted by Gasteiger charge is -2.19. The van der Waals surface area contributed by atoms with Crippen molar-refractivity contribution in [3.05, 3.63) is 28.4 Å². The van der Waals surface area contributed by atoms with Crippen LogP contribution in [0.25, 0.3) is 10.9 Å². The van der Waals surface area contributed by atoms with Crippen LogP contribution in [0.2, 0.25) is 0 Å². The predicted molar refractivity (Wildman–Crippen MR) is 96.0 cm³/mol. The van der Waals surface area contributed by atoms with Crippen molar-refractivity contribution in [2.75, 3.05) is 26.2 Å². The van der Waals surface area contributed by atoms with E-state index < -0.39 is 0 Å². The Hall–Kier alpha value is -1.11. The third-order valence-corrected chi connectivity index (χ3v) is 5.53. The molecule has 124 valence electrons. The van der Waals surface area contributed by atoms with Gasteiger partial charge in [0.25, 0.3) is 5.91 Å². The van der Waals surface area contributed by atoms with Gasteiger partial charge in [-0.3, -0.25) is 9.89 Å². The van der Waals surface area contributed by atoms with Crippen molar-refractivity contribution in [3.63, 3.8) is 0 Å². The average Bonchev–Trinajstić information content (AvgIpc) is 3.08. The summed E-state index contributed by atoms with van der Waals surface area (Å²) in [6, 6.07) is 5.86. The Kier molecular flexibility index (Phi) is 4.94. The van der Waals surface area contributed by atoms with Crippen molar-refractivity contribution in [2.45, 2.75) is 12.8 Å². The summed E-state index contributed by atoms with van der Waals surface area (Å²) in [5.74, 6) is 1.50. The Balaban J connectivity index is 0.00000156. The Morgan fingerprint density at radius 2 is 1.91 bits per heavy atom. The molecule has 2 N–H and O–H groups in total. The highest BCUT2D eigenvalue weighted by atomic mass is 79.9. The summed E-state index contributed by atoms with van der Waals surface area (Å²) in [4.78, 5) is 14.9. The fourth-order valence-electron chi connectivity index (χ4n) is 3.72. The minimum atomic E-state index is 0. The average molecular weight is 400 g/mol. The van der Waals surface area contributed by atoms with Crippen LogP contribution in [0.15, 0.2) is 22.7 Å². The van der Waals surface area contributed by atoms with Crippen LogP contribution in [0.3, 0.4) is 0 Å². The first-order chi connectivity index (χ1) is 10.7. The Labute approximate surface area is 149 Å². The molecule has 23 heavy (non-hydrogen) atoms. The molecule has 2 atom stereocenters. The molecule has 1 aromatic heterocycles. The molecular formula is C16H20BrClN4O. The number of aromatic nitrogens is 2. The summed E-state index contributed by atoms with van der Waals surface area (Å²) in [7, 11) is 0. The molecular weight excluding hydrogens is 380 g/mol. The SMILES string of the molecule is Cl.O=C(c1n[nH]c2ccc(Br)cc12)N1CC[C@@H]2CNC[C@@H]2CC1. The van der Waals surface area contributed by atoms with Crippen LogP contribution in [0, 0.1) is 11.8 Å². The van der Waals surface area contributed by atoms with Crippen LogP contribution in [0.1, 0.15) is 23.3 Å². The molecule has 1 amide bonds. The highest BCUT2D eigenvalue weighted by Gasteiger charge is 2.32. The van der Waals surface area contributed by atoms with Gasteiger partial charge in [-0.05, 0) is 56.0 Å². The van der Waals surface area contributed by atoms with Gasteiger partial charge in [-0.1, -0.05) is 15.9 Å². The number of halogens is 2. The third-order valence-electron chi connectivity index (χ3n) is 5.03. The van der Waals surface area contributed by atoms with Gasteiger partial charge in [-0.25, -0.2) is 0 Å². The van der Waals surface area contributed by atoms with Gasteiger partial charge >= 0.3 is 0 Å². The Morgan fingerprint density at radius 3 is 2.61 bits per heavy atom. The van der Waals surface area contributed by atoms with E-state index in [1.807, 2.05) is 23.1 Å². The van der Waals surface area contributed by atoms with Crippen LogP contribution < -0.4 is 5.32 Å². The number of rotatable bonds is 1. The van der Waals surface area contributed by atoms with E-state index in [2.05, 4.69) is 31.4 Å². The maximum absolute atomic E-state index is 12.9. The van der Waals surface area contributed by atoms with E-state index in [4.69, 9.17) is 0 Å². The number of hydrogen-bond donors (Lipinski definition) is 2. The van der Waals surface area contributed by atoms with Crippen molar-refractivity contribution in [1.29, 1.82) is 0 Å². The molecule has 0 bridgehead atoms. The Bertz CT molecular complexity index is 705. The first kappa shape index (κ1) is 16.7. The highest BCUT2D eigenvalue weighted by Crippen LogP contribution is 2.28. The van der Waals surface area contributed by atoms with E-state index in [1.54, 1.807) is 0 Å². The molecule has 2 saturated heterocycles. The summed E-state index contributed by atoms with van der Waals surface area (Å²) >= 11 is 3.47. The molecule has 2 aliphatic rings. The quantitative estimate of drug-likeness (QED) is 0.775. The van der Waals surface area contributed by atoms with E-state index >= 15 is 0 Å². The molecule has 0 spiro atoms. The summed E-state index contributed by atoms with van der Waals surface area (Å²) in [6.07, 6.45) is 2.19. The molecule has 3 heterocycles. The molecule has 5 nitrogen and oxygen atoms in total. The van der Waals surface area contributed by atoms with Crippen LogP contribution in [-0.4, -0.2) is 47.2 Å². The predicted octanol–water partition coefficient (Wildman–Crippen LogP) is 2.82. The highest BCUT2D eigenvalue weighted by molar-refractivity contribution is 9.10. The van der Waals surface area contributed by atoms with Gasteiger partial charge in [0.05, 0.1) is 5.52 Å². The number of nitrogens with zero attached hydrogens (tertiary/aromatic N) is 2. The number of likely N-dealkylation sites (tertiary alicyclic amines) is 1. The maximum Gasteiger partial charge on any atom is 0.274 e. The van der Waals surface area contributed by atoms with Crippen molar-refractivity contribution >= 4 is 45.1 Å². The molecule has 0 unspecified atom stereocenters. The van der Waals surface area contributed by atoms with Crippen LogP contribution in [0.5, 0.6) is 0 Å². The van der Waals surface area contributed by atoms with E-state index in [9.17, 15) is 4.79 Å². The second-order valence-electron chi connectivity index (χ2n) is 6.31. The number of amides is 1. The number of hydrogen-bond acceptors (Lipinski definition) is 3.